The van der Waals surface area contributed by atoms with E-state index in [9.17, 15) is 0 Å². The van der Waals surface area contributed by atoms with Crippen LogP contribution in [0, 0.1) is 18.3 Å². The Labute approximate surface area is 111 Å². The van der Waals surface area contributed by atoms with E-state index in [-0.39, 0.29) is 6.04 Å². The summed E-state index contributed by atoms with van der Waals surface area (Å²) in [5.41, 5.74) is 8.70. The number of benzene rings is 1. The Balaban J connectivity index is 2.56. The summed E-state index contributed by atoms with van der Waals surface area (Å²) in [5, 5.41) is 17.1. The molecule has 0 fully saturated rings. The Hall–Kier alpha value is -2.39. The van der Waals surface area contributed by atoms with Gasteiger partial charge in [0, 0.05) is 12.1 Å². The largest absolute Gasteiger partial charge is 0.494 e. The molecule has 19 heavy (non-hydrogen) atoms. The summed E-state index contributed by atoms with van der Waals surface area (Å²) in [6, 6.07) is 7.05. The number of nitrogens with two attached hydrogens (primary N) is 1. The predicted molar refractivity (Wildman–Crippen MR) is 70.0 cm³/mol. The maximum absolute atomic E-state index is 8.89. The number of methoxy groups -OCH3 is 1. The normalized spacial score (nSPS) is 11.9. The number of rotatable bonds is 3. The average Bonchev–Trinajstić information content (AvgIpc) is 2.79. The fourth-order valence-corrected chi connectivity index (χ4v) is 1.91. The first-order chi connectivity index (χ1) is 9.08. The van der Waals surface area contributed by atoms with E-state index in [0.717, 1.165) is 17.1 Å². The monoisotopic (exact) mass is 257 g/mol. The molecule has 1 heterocycles. The molecule has 6 heteroatoms. The average molecular weight is 257 g/mol. The molecule has 0 saturated heterocycles. The van der Waals surface area contributed by atoms with Crippen LogP contribution < -0.4 is 10.5 Å². The fourth-order valence-electron chi connectivity index (χ4n) is 1.91. The van der Waals surface area contributed by atoms with E-state index >= 15 is 0 Å². The third-order valence-electron chi connectivity index (χ3n) is 2.90. The smallest absolute Gasteiger partial charge is 0.145 e. The van der Waals surface area contributed by atoms with Crippen LogP contribution in [0.5, 0.6) is 5.75 Å². The van der Waals surface area contributed by atoms with E-state index in [1.54, 1.807) is 30.0 Å². The maximum Gasteiger partial charge on any atom is 0.145 e. The quantitative estimate of drug-likeness (QED) is 0.899. The zero-order chi connectivity index (χ0) is 14.0. The highest BCUT2D eigenvalue weighted by molar-refractivity contribution is 5.52. The van der Waals surface area contributed by atoms with Crippen molar-refractivity contribution in [2.75, 3.05) is 7.11 Å². The summed E-state index contributed by atoms with van der Waals surface area (Å²) in [7, 11) is 1.55. The molecular weight excluding hydrogens is 242 g/mol. The fraction of sp³-hybridized carbons (Fsp3) is 0.308. The third-order valence-corrected chi connectivity index (χ3v) is 2.90. The molecule has 0 spiro atoms. The molecule has 98 valence electrons. The minimum atomic E-state index is -0.182. The molecule has 1 unspecified atom stereocenters. The third kappa shape index (κ3) is 2.28. The van der Waals surface area contributed by atoms with E-state index in [4.69, 9.17) is 15.7 Å². The van der Waals surface area contributed by atoms with Gasteiger partial charge in [-0.25, -0.2) is 4.68 Å². The number of nitrogens with zero attached hydrogens (tertiary/aromatic N) is 4. The lowest BCUT2D eigenvalue weighted by molar-refractivity contribution is 0.411. The van der Waals surface area contributed by atoms with Crippen LogP contribution in [0.25, 0.3) is 5.69 Å². The summed E-state index contributed by atoms with van der Waals surface area (Å²) < 4.78 is 6.96. The van der Waals surface area contributed by atoms with Gasteiger partial charge in [-0.05, 0) is 26.0 Å². The molecule has 0 aliphatic carbocycles. The molecule has 0 radical (unpaired) electrons. The van der Waals surface area contributed by atoms with E-state index in [1.807, 2.05) is 13.8 Å². The Morgan fingerprint density at radius 1 is 1.47 bits per heavy atom. The van der Waals surface area contributed by atoms with Gasteiger partial charge in [0.25, 0.3) is 0 Å². The number of hydrogen-bond acceptors (Lipinski definition) is 5. The molecular formula is C13H15N5O. The van der Waals surface area contributed by atoms with Gasteiger partial charge in [0.1, 0.15) is 17.1 Å². The summed E-state index contributed by atoms with van der Waals surface area (Å²) >= 11 is 0. The minimum Gasteiger partial charge on any atom is -0.494 e. The summed E-state index contributed by atoms with van der Waals surface area (Å²) in [6.07, 6.45) is 0. The van der Waals surface area contributed by atoms with Gasteiger partial charge in [-0.1, -0.05) is 5.21 Å². The van der Waals surface area contributed by atoms with Crippen molar-refractivity contribution in [3.8, 4) is 17.5 Å². The van der Waals surface area contributed by atoms with Crippen molar-refractivity contribution in [2.24, 2.45) is 5.73 Å². The van der Waals surface area contributed by atoms with Gasteiger partial charge in [-0.3, -0.25) is 0 Å². The molecule has 6 nitrogen and oxygen atoms in total. The minimum absolute atomic E-state index is 0.182. The molecule has 2 aromatic rings. The van der Waals surface area contributed by atoms with Crippen LogP contribution in [0.4, 0.5) is 0 Å². The Kier molecular flexibility index (Phi) is 3.49. The SMILES string of the molecule is COc1cc(C#N)ccc1-n1nnc(C(C)N)c1C. The van der Waals surface area contributed by atoms with E-state index in [2.05, 4.69) is 16.4 Å². The first kappa shape index (κ1) is 13.1. The first-order valence-corrected chi connectivity index (χ1v) is 5.84. The lowest BCUT2D eigenvalue weighted by atomic mass is 10.2. The van der Waals surface area contributed by atoms with Gasteiger partial charge in [0.05, 0.1) is 24.4 Å². The van der Waals surface area contributed by atoms with Gasteiger partial charge < -0.3 is 10.5 Å². The second-order valence-corrected chi connectivity index (χ2v) is 4.26. The van der Waals surface area contributed by atoms with Crippen LogP contribution in [0.15, 0.2) is 18.2 Å². The lowest BCUT2D eigenvalue weighted by Gasteiger charge is -2.10. The molecule has 0 saturated carbocycles. The van der Waals surface area contributed by atoms with Gasteiger partial charge >= 0.3 is 0 Å². The standard InChI is InChI=1S/C13H15N5O/c1-8(15)13-9(2)18(17-16-13)11-5-4-10(7-14)6-12(11)19-3/h4-6,8H,15H2,1-3H3. The summed E-state index contributed by atoms with van der Waals surface area (Å²) in [4.78, 5) is 0. The van der Waals surface area contributed by atoms with Crippen LogP contribution >= 0.6 is 0 Å². The number of nitriles is 1. The molecule has 2 rings (SSSR count). The highest BCUT2D eigenvalue weighted by atomic mass is 16.5. The maximum atomic E-state index is 8.89. The van der Waals surface area contributed by atoms with Crippen LogP contribution in [0.3, 0.4) is 0 Å². The first-order valence-electron chi connectivity index (χ1n) is 5.84. The highest BCUT2D eigenvalue weighted by Crippen LogP contribution is 2.25. The topological polar surface area (TPSA) is 89.8 Å². The molecule has 1 aromatic heterocycles. The lowest BCUT2D eigenvalue weighted by Crippen LogP contribution is -2.08. The number of hydrogen-bond donors (Lipinski definition) is 1. The summed E-state index contributed by atoms with van der Waals surface area (Å²) in [6.45, 7) is 3.76. The van der Waals surface area contributed by atoms with Crippen molar-refractivity contribution in [2.45, 2.75) is 19.9 Å². The van der Waals surface area contributed by atoms with Crippen LogP contribution in [0.2, 0.25) is 0 Å². The molecule has 0 aliphatic rings. The van der Waals surface area contributed by atoms with E-state index < -0.39 is 0 Å². The summed E-state index contributed by atoms with van der Waals surface area (Å²) in [5.74, 6) is 0.572. The van der Waals surface area contributed by atoms with Crippen molar-refractivity contribution < 1.29 is 4.74 Å². The van der Waals surface area contributed by atoms with Crippen molar-refractivity contribution >= 4 is 0 Å². The molecule has 0 bridgehead atoms. The number of aromatic nitrogens is 3. The van der Waals surface area contributed by atoms with E-state index in [0.29, 0.717) is 11.3 Å². The van der Waals surface area contributed by atoms with Gasteiger partial charge in [-0.2, -0.15) is 5.26 Å². The van der Waals surface area contributed by atoms with Crippen molar-refractivity contribution in [3.63, 3.8) is 0 Å². The molecule has 2 N–H and O–H groups in total. The van der Waals surface area contributed by atoms with Gasteiger partial charge in [0.2, 0.25) is 0 Å². The van der Waals surface area contributed by atoms with Crippen LogP contribution in [-0.4, -0.2) is 22.1 Å². The molecule has 0 aliphatic heterocycles. The second kappa shape index (κ2) is 5.08. The molecule has 1 atom stereocenters. The van der Waals surface area contributed by atoms with E-state index in [1.165, 1.54) is 0 Å². The molecule has 0 amide bonds. The zero-order valence-corrected chi connectivity index (χ0v) is 11.1. The van der Waals surface area contributed by atoms with Crippen molar-refractivity contribution in [1.82, 2.24) is 15.0 Å². The van der Waals surface area contributed by atoms with Crippen LogP contribution in [0.1, 0.15) is 29.9 Å². The Morgan fingerprint density at radius 2 is 2.21 bits per heavy atom. The predicted octanol–water partition coefficient (Wildman–Crippen LogP) is 1.48. The second-order valence-electron chi connectivity index (χ2n) is 4.26. The van der Waals surface area contributed by atoms with Crippen molar-refractivity contribution in [3.05, 3.63) is 35.2 Å². The van der Waals surface area contributed by atoms with Gasteiger partial charge in [0.15, 0.2) is 0 Å². The zero-order valence-electron chi connectivity index (χ0n) is 11.1. The van der Waals surface area contributed by atoms with Gasteiger partial charge in [-0.15, -0.1) is 5.10 Å². The highest BCUT2D eigenvalue weighted by Gasteiger charge is 2.16. The Bertz CT molecular complexity index is 639. The van der Waals surface area contributed by atoms with Crippen molar-refractivity contribution in [1.29, 1.82) is 5.26 Å². The van der Waals surface area contributed by atoms with Crippen LogP contribution in [-0.2, 0) is 0 Å². The number of ether oxygens (including phenoxy) is 1. The Morgan fingerprint density at radius 3 is 2.74 bits per heavy atom. The molecule has 1 aromatic carbocycles.